The van der Waals surface area contributed by atoms with Crippen molar-refractivity contribution in [1.82, 2.24) is 0 Å². The van der Waals surface area contributed by atoms with E-state index in [1.165, 1.54) is 0 Å². The highest BCUT2D eigenvalue weighted by Crippen LogP contribution is 2.19. The van der Waals surface area contributed by atoms with Crippen molar-refractivity contribution < 1.29 is 8.95 Å². The Morgan fingerprint density at radius 1 is 1.35 bits per heavy atom. The quantitative estimate of drug-likeness (QED) is 0.303. The summed E-state index contributed by atoms with van der Waals surface area (Å²) < 4.78 is 17.7. The van der Waals surface area contributed by atoms with Crippen LogP contribution in [0.25, 0.3) is 0 Å². The van der Waals surface area contributed by atoms with Gasteiger partial charge in [0.05, 0.1) is 10.8 Å². The maximum absolute atomic E-state index is 12.0. The van der Waals surface area contributed by atoms with Crippen molar-refractivity contribution in [2.45, 2.75) is 25.2 Å². The lowest BCUT2D eigenvalue weighted by molar-refractivity contribution is 0.443. The molecule has 0 saturated heterocycles. The van der Waals surface area contributed by atoms with Crippen LogP contribution in [0.4, 0.5) is 0 Å². The monoisotopic (exact) mass is 328 g/mol. The molecule has 0 heterocycles. The van der Waals surface area contributed by atoms with Gasteiger partial charge in [-0.3, -0.25) is 4.21 Å². The predicted octanol–water partition coefficient (Wildman–Crippen LogP) is 4.57. The molecule has 2 nitrogen and oxygen atoms in total. The van der Waals surface area contributed by atoms with Gasteiger partial charge in [0.25, 0.3) is 0 Å². The highest BCUT2D eigenvalue weighted by Gasteiger charge is 2.04. The summed E-state index contributed by atoms with van der Waals surface area (Å²) in [5.74, 6) is 3.29. The summed E-state index contributed by atoms with van der Waals surface area (Å²) >= 11 is 1.70. The second-order valence-corrected chi connectivity index (χ2v) is 7.35. The van der Waals surface area contributed by atoms with E-state index in [0.717, 1.165) is 28.6 Å². The summed E-state index contributed by atoms with van der Waals surface area (Å²) in [6.07, 6.45) is 6.71. The van der Waals surface area contributed by atoms with Crippen LogP contribution in [-0.2, 0) is 10.8 Å². The van der Waals surface area contributed by atoms with Crippen molar-refractivity contribution in [2.75, 3.05) is 11.5 Å². The maximum atomic E-state index is 12.0. The minimum Gasteiger partial charge on any atom is -0.458 e. The molecule has 0 spiro atoms. The van der Waals surface area contributed by atoms with Gasteiger partial charge in [0, 0.05) is 10.6 Å². The smallest absolute Gasteiger partial charge is 0.127 e. The third-order valence-electron chi connectivity index (χ3n) is 2.53. The van der Waals surface area contributed by atoms with Crippen LogP contribution in [0, 0.1) is 0 Å². The zero-order chi connectivity index (χ0) is 14.8. The Kier molecular flexibility index (Phi) is 8.92. The Balaban J connectivity index is 2.62. The molecule has 20 heavy (non-hydrogen) atoms. The molecule has 0 N–H and O–H groups in total. The van der Waals surface area contributed by atoms with E-state index in [4.69, 9.17) is 4.74 Å². The van der Waals surface area contributed by atoms with Gasteiger partial charge in [-0.15, -0.1) is 11.4 Å². The fourth-order valence-corrected chi connectivity index (χ4v) is 3.62. The molecule has 0 aliphatic heterocycles. The molecule has 110 valence electrons. The van der Waals surface area contributed by atoms with E-state index >= 15 is 0 Å². The third-order valence-corrected chi connectivity index (χ3v) is 5.22. The van der Waals surface area contributed by atoms with E-state index in [0.29, 0.717) is 5.75 Å². The lowest BCUT2D eigenvalue weighted by Gasteiger charge is -2.07. The molecule has 1 aromatic carbocycles. The SMILES string of the molecule is C/C=C\C(=C/C)Oc1ccc(S(=O)CCCSP)cc1. The van der Waals surface area contributed by atoms with Crippen LogP contribution in [0.3, 0.4) is 0 Å². The number of rotatable bonds is 8. The van der Waals surface area contributed by atoms with Crippen LogP contribution >= 0.6 is 19.8 Å². The molecule has 0 aliphatic carbocycles. The van der Waals surface area contributed by atoms with Crippen molar-refractivity contribution >= 4 is 30.6 Å². The van der Waals surface area contributed by atoms with Gasteiger partial charge >= 0.3 is 0 Å². The lowest BCUT2D eigenvalue weighted by Crippen LogP contribution is -1.99. The lowest BCUT2D eigenvalue weighted by atomic mass is 10.3. The molecule has 0 fully saturated rings. The number of benzene rings is 1. The first kappa shape index (κ1) is 17.5. The van der Waals surface area contributed by atoms with Crippen molar-refractivity contribution in [3.63, 3.8) is 0 Å². The Hall–Kier alpha value is -0.570. The molecule has 1 rings (SSSR count). The van der Waals surface area contributed by atoms with E-state index < -0.39 is 10.8 Å². The van der Waals surface area contributed by atoms with E-state index in [2.05, 4.69) is 8.44 Å². The third kappa shape index (κ3) is 6.25. The molecule has 0 aliphatic rings. The van der Waals surface area contributed by atoms with Crippen LogP contribution in [-0.4, -0.2) is 15.7 Å². The van der Waals surface area contributed by atoms with Crippen LogP contribution < -0.4 is 4.74 Å². The average Bonchev–Trinajstić information content (AvgIpc) is 2.47. The number of hydrogen-bond donors (Lipinski definition) is 0. The van der Waals surface area contributed by atoms with Crippen molar-refractivity contribution in [3.05, 3.63) is 48.3 Å². The van der Waals surface area contributed by atoms with Crippen molar-refractivity contribution in [3.8, 4) is 5.75 Å². The normalized spacial score (nSPS) is 13.7. The highest BCUT2D eigenvalue weighted by molar-refractivity contribution is 8.43. The second kappa shape index (κ2) is 10.2. The molecule has 2 unspecified atom stereocenters. The summed E-state index contributed by atoms with van der Waals surface area (Å²) in [6, 6.07) is 7.49. The minimum atomic E-state index is -0.918. The number of hydrogen-bond acceptors (Lipinski definition) is 3. The molecule has 5 heteroatoms. The first-order chi connectivity index (χ1) is 9.71. The highest BCUT2D eigenvalue weighted by atomic mass is 32.7. The molecular formula is C15H21O2PS2. The van der Waals surface area contributed by atoms with Crippen molar-refractivity contribution in [1.29, 1.82) is 0 Å². The predicted molar refractivity (Wildman–Crippen MR) is 93.7 cm³/mol. The van der Waals surface area contributed by atoms with Gasteiger partial charge in [-0.1, -0.05) is 14.5 Å². The minimum absolute atomic E-state index is 0.709. The molecule has 0 saturated carbocycles. The van der Waals surface area contributed by atoms with Crippen molar-refractivity contribution in [2.24, 2.45) is 0 Å². The van der Waals surface area contributed by atoms with E-state index in [1.807, 2.05) is 56.3 Å². The topological polar surface area (TPSA) is 26.3 Å². The maximum Gasteiger partial charge on any atom is 0.127 e. The van der Waals surface area contributed by atoms with Gasteiger partial charge in [-0.25, -0.2) is 0 Å². The van der Waals surface area contributed by atoms with E-state index in [1.54, 1.807) is 11.4 Å². The Morgan fingerprint density at radius 2 is 2.05 bits per heavy atom. The van der Waals surface area contributed by atoms with Gasteiger partial charge in [0.1, 0.15) is 11.5 Å². The average molecular weight is 328 g/mol. The molecule has 1 aromatic rings. The first-order valence-corrected chi connectivity index (χ1v) is 10.3. The van der Waals surface area contributed by atoms with Gasteiger partial charge in [-0.05, 0) is 62.4 Å². The molecular weight excluding hydrogens is 307 g/mol. The molecule has 0 amide bonds. The second-order valence-electron chi connectivity index (χ2n) is 4.04. The Labute approximate surface area is 130 Å². The zero-order valence-corrected chi connectivity index (χ0v) is 14.7. The summed E-state index contributed by atoms with van der Waals surface area (Å²) in [7, 11) is 1.70. The van der Waals surface area contributed by atoms with Crippen LogP contribution in [0.15, 0.2) is 53.1 Å². The first-order valence-electron chi connectivity index (χ1n) is 6.48. The molecule has 0 aromatic heterocycles. The standard InChI is InChI=1S/C15H21O2PS2/c1-3-6-13(4-2)17-14-7-9-15(10-8-14)20(16)12-5-11-19-18/h3-4,6-10H,5,11-12,18H2,1-2H3/b6-3-,13-4+. The van der Waals surface area contributed by atoms with E-state index in [-0.39, 0.29) is 0 Å². The van der Waals surface area contributed by atoms with Gasteiger partial charge in [0.2, 0.25) is 0 Å². The zero-order valence-electron chi connectivity index (χ0n) is 11.9. The largest absolute Gasteiger partial charge is 0.458 e. The van der Waals surface area contributed by atoms with Crippen LogP contribution in [0.1, 0.15) is 20.3 Å². The van der Waals surface area contributed by atoms with Gasteiger partial charge in [-0.2, -0.15) is 0 Å². The number of allylic oxidation sites excluding steroid dienone is 3. The van der Waals surface area contributed by atoms with E-state index in [9.17, 15) is 4.21 Å². The summed E-state index contributed by atoms with van der Waals surface area (Å²) in [4.78, 5) is 0.860. The summed E-state index contributed by atoms with van der Waals surface area (Å²) in [5.41, 5.74) is 0. The summed E-state index contributed by atoms with van der Waals surface area (Å²) in [6.45, 7) is 3.88. The summed E-state index contributed by atoms with van der Waals surface area (Å²) in [5, 5.41) is 0. The fraction of sp³-hybridized carbons (Fsp3) is 0.333. The fourth-order valence-electron chi connectivity index (χ4n) is 1.54. The molecule has 0 bridgehead atoms. The van der Waals surface area contributed by atoms with Gasteiger partial charge in [0.15, 0.2) is 0 Å². The Morgan fingerprint density at radius 3 is 2.60 bits per heavy atom. The van der Waals surface area contributed by atoms with Crippen LogP contribution in [0.2, 0.25) is 0 Å². The Bertz CT molecular complexity index is 481. The molecule has 0 radical (unpaired) electrons. The molecule has 2 atom stereocenters. The van der Waals surface area contributed by atoms with Crippen LogP contribution in [0.5, 0.6) is 5.75 Å². The van der Waals surface area contributed by atoms with Gasteiger partial charge < -0.3 is 4.74 Å². The number of ether oxygens (including phenoxy) is 1.